The molecule has 0 aliphatic rings. The number of nitriles is 1. The Morgan fingerprint density at radius 3 is 2.77 bits per heavy atom. The average molecular weight is 321 g/mol. The normalized spacial score (nSPS) is 10.0. The van der Waals surface area contributed by atoms with E-state index in [1.54, 1.807) is 0 Å². The number of anilines is 1. The Labute approximate surface area is 129 Å². The minimum absolute atomic E-state index is 0.00493. The van der Waals surface area contributed by atoms with Crippen molar-refractivity contribution in [3.05, 3.63) is 50.8 Å². The number of esters is 1. The van der Waals surface area contributed by atoms with Crippen LogP contribution < -0.4 is 5.73 Å². The van der Waals surface area contributed by atoms with Crippen LogP contribution in [0.15, 0.2) is 24.4 Å². The number of ether oxygens (including phenoxy) is 1. The van der Waals surface area contributed by atoms with E-state index in [1.807, 2.05) is 6.07 Å². The molecule has 1 aromatic heterocycles. The Bertz CT molecular complexity index is 822. The second-order valence-electron chi connectivity index (χ2n) is 4.17. The van der Waals surface area contributed by atoms with Gasteiger partial charge in [0, 0.05) is 17.3 Å². The summed E-state index contributed by atoms with van der Waals surface area (Å²) in [5.41, 5.74) is 5.15. The first kappa shape index (κ1) is 15.3. The summed E-state index contributed by atoms with van der Waals surface area (Å²) in [6.07, 6.45) is 1.22. The van der Waals surface area contributed by atoms with E-state index in [0.717, 1.165) is 11.7 Å². The van der Waals surface area contributed by atoms with Crippen molar-refractivity contribution in [1.82, 2.24) is 4.57 Å². The van der Waals surface area contributed by atoms with Crippen LogP contribution in [0.25, 0.3) is 5.69 Å². The number of hydrogen-bond acceptors (Lipinski definition) is 6. The molecule has 22 heavy (non-hydrogen) atoms. The molecular weight excluding hydrogens is 312 g/mol. The summed E-state index contributed by atoms with van der Waals surface area (Å²) in [5, 5.41) is 20.4. The van der Waals surface area contributed by atoms with Gasteiger partial charge in [-0.15, -0.1) is 0 Å². The first-order valence-electron chi connectivity index (χ1n) is 5.84. The average Bonchev–Trinajstić information content (AvgIpc) is 2.82. The lowest BCUT2D eigenvalue weighted by atomic mass is 10.2. The Balaban J connectivity index is 2.84. The van der Waals surface area contributed by atoms with E-state index in [9.17, 15) is 14.9 Å². The summed E-state index contributed by atoms with van der Waals surface area (Å²) in [6.45, 7) is 0. The molecule has 0 amide bonds. The first-order chi connectivity index (χ1) is 10.4. The fourth-order valence-electron chi connectivity index (χ4n) is 1.95. The third-order valence-electron chi connectivity index (χ3n) is 2.94. The molecule has 0 aliphatic heterocycles. The molecular formula is C13H9ClN4O4. The molecule has 0 fully saturated rings. The molecule has 0 radical (unpaired) electrons. The van der Waals surface area contributed by atoms with E-state index in [0.29, 0.717) is 0 Å². The SMILES string of the molecule is COC(=O)c1c(N)c(C#N)cn1-c1cc(Cl)ccc1[N+](=O)[O-]. The van der Waals surface area contributed by atoms with Gasteiger partial charge in [-0.25, -0.2) is 4.79 Å². The van der Waals surface area contributed by atoms with Crippen LogP contribution in [0.5, 0.6) is 0 Å². The van der Waals surface area contributed by atoms with Crippen molar-refractivity contribution in [2.75, 3.05) is 12.8 Å². The highest BCUT2D eigenvalue weighted by molar-refractivity contribution is 6.30. The van der Waals surface area contributed by atoms with Crippen LogP contribution in [0.3, 0.4) is 0 Å². The summed E-state index contributed by atoms with van der Waals surface area (Å²) in [4.78, 5) is 22.4. The fraction of sp³-hybridized carbons (Fsp3) is 0.0769. The quantitative estimate of drug-likeness (QED) is 0.525. The number of halogens is 1. The molecule has 2 N–H and O–H groups in total. The minimum atomic E-state index is -0.826. The summed E-state index contributed by atoms with van der Waals surface area (Å²) < 4.78 is 5.74. The number of benzene rings is 1. The van der Waals surface area contributed by atoms with Gasteiger partial charge >= 0.3 is 5.97 Å². The number of methoxy groups -OCH3 is 1. The van der Waals surface area contributed by atoms with Crippen molar-refractivity contribution >= 4 is 28.9 Å². The second-order valence-corrected chi connectivity index (χ2v) is 4.61. The number of nitrogen functional groups attached to an aromatic ring is 1. The highest BCUT2D eigenvalue weighted by atomic mass is 35.5. The maximum atomic E-state index is 11.9. The summed E-state index contributed by atoms with van der Waals surface area (Å²) in [6, 6.07) is 5.65. The first-order valence-corrected chi connectivity index (χ1v) is 6.22. The lowest BCUT2D eigenvalue weighted by Gasteiger charge is -2.09. The molecule has 0 saturated carbocycles. The van der Waals surface area contributed by atoms with Crippen LogP contribution in [0, 0.1) is 21.4 Å². The van der Waals surface area contributed by atoms with Crippen LogP contribution in [0.4, 0.5) is 11.4 Å². The van der Waals surface area contributed by atoms with Gasteiger partial charge in [0.15, 0.2) is 5.69 Å². The Kier molecular flexibility index (Phi) is 4.01. The molecule has 0 bridgehead atoms. The summed E-state index contributed by atoms with van der Waals surface area (Å²) in [5.74, 6) is -0.826. The second kappa shape index (κ2) is 5.75. The van der Waals surface area contributed by atoms with Gasteiger partial charge in [0.1, 0.15) is 11.8 Å². The van der Waals surface area contributed by atoms with Crippen molar-refractivity contribution in [3.8, 4) is 11.8 Å². The van der Waals surface area contributed by atoms with Crippen molar-refractivity contribution in [2.24, 2.45) is 0 Å². The van der Waals surface area contributed by atoms with Crippen LogP contribution in [0.1, 0.15) is 16.1 Å². The van der Waals surface area contributed by atoms with Gasteiger partial charge in [0.05, 0.1) is 23.3 Å². The van der Waals surface area contributed by atoms with E-state index < -0.39 is 10.9 Å². The lowest BCUT2D eigenvalue weighted by molar-refractivity contribution is -0.384. The lowest BCUT2D eigenvalue weighted by Crippen LogP contribution is -2.12. The third kappa shape index (κ3) is 2.45. The van der Waals surface area contributed by atoms with Crippen molar-refractivity contribution in [3.63, 3.8) is 0 Å². The largest absolute Gasteiger partial charge is 0.464 e. The van der Waals surface area contributed by atoms with Crippen LogP contribution in [0.2, 0.25) is 5.02 Å². The third-order valence-corrected chi connectivity index (χ3v) is 3.17. The highest BCUT2D eigenvalue weighted by Gasteiger charge is 2.26. The fourth-order valence-corrected chi connectivity index (χ4v) is 2.11. The highest BCUT2D eigenvalue weighted by Crippen LogP contribution is 2.31. The predicted molar refractivity (Wildman–Crippen MR) is 77.9 cm³/mol. The Hall–Kier alpha value is -3.05. The summed E-state index contributed by atoms with van der Waals surface area (Å²) >= 11 is 5.87. The van der Waals surface area contributed by atoms with Gasteiger partial charge in [0.2, 0.25) is 0 Å². The standard InChI is InChI=1S/C13H9ClN4O4/c1-22-13(19)12-11(16)7(5-15)6-17(12)10-4-8(14)2-3-9(10)18(20)21/h2-4,6H,16H2,1H3. The predicted octanol–water partition coefficient (Wildman–Crippen LogP) is 2.28. The van der Waals surface area contributed by atoms with Gasteiger partial charge in [-0.05, 0) is 12.1 Å². The molecule has 2 rings (SSSR count). The number of hydrogen-bond donors (Lipinski definition) is 1. The smallest absolute Gasteiger partial charge is 0.357 e. The van der Waals surface area contributed by atoms with Gasteiger partial charge in [-0.2, -0.15) is 5.26 Å². The zero-order valence-corrected chi connectivity index (χ0v) is 12.0. The zero-order valence-electron chi connectivity index (χ0n) is 11.2. The molecule has 112 valence electrons. The molecule has 0 aliphatic carbocycles. The van der Waals surface area contributed by atoms with Crippen molar-refractivity contribution in [2.45, 2.75) is 0 Å². The number of aromatic nitrogens is 1. The number of nitro benzene ring substituents is 1. The van der Waals surface area contributed by atoms with Gasteiger partial charge in [0.25, 0.3) is 5.69 Å². The van der Waals surface area contributed by atoms with E-state index in [2.05, 4.69) is 4.74 Å². The van der Waals surface area contributed by atoms with Gasteiger partial charge < -0.3 is 15.0 Å². The molecule has 8 nitrogen and oxygen atoms in total. The molecule has 1 aromatic carbocycles. The minimum Gasteiger partial charge on any atom is -0.464 e. The van der Waals surface area contributed by atoms with Crippen molar-refractivity contribution in [1.29, 1.82) is 5.26 Å². The summed E-state index contributed by atoms with van der Waals surface area (Å²) in [7, 11) is 1.14. The number of nitrogens with zero attached hydrogens (tertiary/aromatic N) is 3. The number of nitrogens with two attached hydrogens (primary N) is 1. The van der Waals surface area contributed by atoms with Crippen LogP contribution in [-0.4, -0.2) is 22.6 Å². The molecule has 0 atom stereocenters. The van der Waals surface area contributed by atoms with E-state index in [-0.39, 0.29) is 33.3 Å². The number of nitro groups is 1. The molecule has 2 aromatic rings. The number of carbonyl (C=O) groups is 1. The van der Waals surface area contributed by atoms with E-state index in [4.69, 9.17) is 22.6 Å². The topological polar surface area (TPSA) is 124 Å². The monoisotopic (exact) mass is 320 g/mol. The molecule has 9 heteroatoms. The molecule has 0 saturated heterocycles. The maximum absolute atomic E-state index is 11.9. The van der Waals surface area contributed by atoms with Gasteiger partial charge in [-0.1, -0.05) is 11.6 Å². The Morgan fingerprint density at radius 2 is 2.23 bits per heavy atom. The van der Waals surface area contributed by atoms with Crippen molar-refractivity contribution < 1.29 is 14.5 Å². The number of rotatable bonds is 3. The van der Waals surface area contributed by atoms with Crippen LogP contribution in [-0.2, 0) is 4.74 Å². The molecule has 0 unspecified atom stereocenters. The van der Waals surface area contributed by atoms with E-state index >= 15 is 0 Å². The zero-order chi connectivity index (χ0) is 16.4. The number of carbonyl (C=O) groups excluding carboxylic acids is 1. The van der Waals surface area contributed by atoms with Gasteiger partial charge in [-0.3, -0.25) is 10.1 Å². The molecule has 1 heterocycles. The van der Waals surface area contributed by atoms with E-state index in [1.165, 1.54) is 24.4 Å². The van der Waals surface area contributed by atoms with Crippen LogP contribution >= 0.6 is 11.6 Å². The maximum Gasteiger partial charge on any atom is 0.357 e. The molecule has 0 spiro atoms. The Morgan fingerprint density at radius 1 is 1.55 bits per heavy atom.